The Hall–Kier alpha value is -2.34. The molecule has 1 unspecified atom stereocenters. The first-order valence-corrected chi connectivity index (χ1v) is 9.38. The molecule has 0 saturated heterocycles. The highest BCUT2D eigenvalue weighted by Gasteiger charge is 2.26. The van der Waals surface area contributed by atoms with Crippen LogP contribution in [-0.4, -0.2) is 46.8 Å². The molecule has 0 aliphatic heterocycles. The van der Waals surface area contributed by atoms with Crippen molar-refractivity contribution >= 4 is 23.5 Å². The number of hydrogen-bond donors (Lipinski definition) is 0. The lowest BCUT2D eigenvalue weighted by Crippen LogP contribution is -2.37. The zero-order valence-corrected chi connectivity index (χ0v) is 17.2. The SMILES string of the molecule is CCN(CC(C)C(=O)OC)C(=O)c1cnn(-c2ccc(Cl)cc2)c1C(C)C. The first-order chi connectivity index (χ1) is 12.8. The molecule has 1 aromatic carbocycles. The van der Waals surface area contributed by atoms with E-state index < -0.39 is 5.92 Å². The highest BCUT2D eigenvalue weighted by atomic mass is 35.5. The van der Waals surface area contributed by atoms with Crippen LogP contribution in [-0.2, 0) is 9.53 Å². The minimum Gasteiger partial charge on any atom is -0.469 e. The van der Waals surface area contributed by atoms with Crippen molar-refractivity contribution in [3.63, 3.8) is 0 Å². The Labute approximate surface area is 165 Å². The topological polar surface area (TPSA) is 64.4 Å². The second-order valence-corrected chi connectivity index (χ2v) is 7.19. The Kier molecular flexibility index (Phi) is 7.02. The zero-order chi connectivity index (χ0) is 20.1. The van der Waals surface area contributed by atoms with E-state index in [-0.39, 0.29) is 17.8 Å². The van der Waals surface area contributed by atoms with Crippen LogP contribution < -0.4 is 0 Å². The predicted octanol–water partition coefficient (Wildman–Crippen LogP) is 3.92. The van der Waals surface area contributed by atoms with Crippen LogP contribution in [0.1, 0.15) is 49.7 Å². The van der Waals surface area contributed by atoms with Gasteiger partial charge in [0.15, 0.2) is 0 Å². The Morgan fingerprint density at radius 3 is 2.37 bits per heavy atom. The molecule has 146 valence electrons. The van der Waals surface area contributed by atoms with E-state index in [0.29, 0.717) is 23.7 Å². The third-order valence-electron chi connectivity index (χ3n) is 4.42. The van der Waals surface area contributed by atoms with Gasteiger partial charge in [0.2, 0.25) is 0 Å². The lowest BCUT2D eigenvalue weighted by atomic mass is 10.0. The summed E-state index contributed by atoms with van der Waals surface area (Å²) in [5.74, 6) is -0.786. The summed E-state index contributed by atoms with van der Waals surface area (Å²) in [6.45, 7) is 8.47. The smallest absolute Gasteiger partial charge is 0.310 e. The highest BCUT2D eigenvalue weighted by molar-refractivity contribution is 6.30. The van der Waals surface area contributed by atoms with Crippen molar-refractivity contribution in [1.29, 1.82) is 0 Å². The van der Waals surface area contributed by atoms with Gasteiger partial charge in [0, 0.05) is 18.1 Å². The number of amides is 1. The van der Waals surface area contributed by atoms with Gasteiger partial charge >= 0.3 is 5.97 Å². The number of carbonyl (C=O) groups is 2. The summed E-state index contributed by atoms with van der Waals surface area (Å²) in [4.78, 5) is 26.5. The summed E-state index contributed by atoms with van der Waals surface area (Å²) in [5, 5.41) is 5.08. The van der Waals surface area contributed by atoms with Crippen molar-refractivity contribution in [2.24, 2.45) is 5.92 Å². The van der Waals surface area contributed by atoms with Gasteiger partial charge in [0.05, 0.1) is 36.2 Å². The second-order valence-electron chi connectivity index (χ2n) is 6.75. The molecule has 0 saturated carbocycles. The minimum absolute atomic E-state index is 0.0823. The summed E-state index contributed by atoms with van der Waals surface area (Å²) in [6.07, 6.45) is 1.59. The third kappa shape index (κ3) is 4.69. The van der Waals surface area contributed by atoms with E-state index >= 15 is 0 Å². The van der Waals surface area contributed by atoms with Gasteiger partial charge in [0.25, 0.3) is 5.91 Å². The molecule has 1 atom stereocenters. The van der Waals surface area contributed by atoms with E-state index in [2.05, 4.69) is 5.10 Å². The molecule has 0 aliphatic carbocycles. The molecule has 2 aromatic rings. The summed E-state index contributed by atoms with van der Waals surface area (Å²) < 4.78 is 6.54. The Balaban J connectivity index is 2.37. The fourth-order valence-corrected chi connectivity index (χ4v) is 3.12. The summed E-state index contributed by atoms with van der Waals surface area (Å²) >= 11 is 5.98. The number of aromatic nitrogens is 2. The van der Waals surface area contributed by atoms with Gasteiger partial charge in [-0.15, -0.1) is 0 Å². The molecule has 0 radical (unpaired) electrons. The van der Waals surface area contributed by atoms with Crippen LogP contribution in [0.3, 0.4) is 0 Å². The van der Waals surface area contributed by atoms with Gasteiger partial charge in [0.1, 0.15) is 0 Å². The quantitative estimate of drug-likeness (QED) is 0.671. The molecule has 1 amide bonds. The van der Waals surface area contributed by atoms with Crippen LogP contribution in [0.15, 0.2) is 30.5 Å². The van der Waals surface area contributed by atoms with E-state index in [1.165, 1.54) is 7.11 Å². The van der Waals surface area contributed by atoms with Crippen LogP contribution in [0.5, 0.6) is 0 Å². The molecule has 27 heavy (non-hydrogen) atoms. The van der Waals surface area contributed by atoms with Crippen molar-refractivity contribution in [3.8, 4) is 5.69 Å². The maximum atomic E-state index is 13.1. The van der Waals surface area contributed by atoms with E-state index in [9.17, 15) is 9.59 Å². The first kappa shape index (κ1) is 21.0. The van der Waals surface area contributed by atoms with Gasteiger partial charge in [-0.25, -0.2) is 4.68 Å². The molecule has 1 heterocycles. The molecule has 6 nitrogen and oxygen atoms in total. The largest absolute Gasteiger partial charge is 0.469 e. The molecule has 0 N–H and O–H groups in total. The van der Waals surface area contributed by atoms with Crippen LogP contribution in [0.4, 0.5) is 0 Å². The summed E-state index contributed by atoms with van der Waals surface area (Å²) in [5.41, 5.74) is 2.21. The number of esters is 1. The number of ether oxygens (including phenoxy) is 1. The third-order valence-corrected chi connectivity index (χ3v) is 4.67. The number of hydrogen-bond acceptors (Lipinski definition) is 4. The Bertz CT molecular complexity index is 799. The van der Waals surface area contributed by atoms with Crippen molar-refractivity contribution in [3.05, 3.63) is 46.7 Å². The van der Waals surface area contributed by atoms with E-state index in [4.69, 9.17) is 16.3 Å². The van der Waals surface area contributed by atoms with Crippen molar-refractivity contribution in [2.75, 3.05) is 20.2 Å². The average molecular weight is 392 g/mol. The number of benzene rings is 1. The van der Waals surface area contributed by atoms with Crippen LogP contribution >= 0.6 is 11.6 Å². The van der Waals surface area contributed by atoms with Crippen LogP contribution in [0.2, 0.25) is 5.02 Å². The molecule has 1 aromatic heterocycles. The Morgan fingerprint density at radius 2 is 1.85 bits per heavy atom. The Morgan fingerprint density at radius 1 is 1.22 bits per heavy atom. The fraction of sp³-hybridized carbons (Fsp3) is 0.450. The summed E-state index contributed by atoms with van der Waals surface area (Å²) in [7, 11) is 1.35. The van der Waals surface area contributed by atoms with Crippen molar-refractivity contribution < 1.29 is 14.3 Å². The van der Waals surface area contributed by atoms with E-state index in [0.717, 1.165) is 11.4 Å². The number of carbonyl (C=O) groups excluding carboxylic acids is 2. The summed E-state index contributed by atoms with van der Waals surface area (Å²) in [6, 6.07) is 7.32. The first-order valence-electron chi connectivity index (χ1n) is 9.01. The molecule has 0 spiro atoms. The van der Waals surface area contributed by atoms with Gasteiger partial charge < -0.3 is 9.64 Å². The minimum atomic E-state index is -0.396. The average Bonchev–Trinajstić information content (AvgIpc) is 3.10. The normalized spacial score (nSPS) is 12.1. The van der Waals surface area contributed by atoms with Crippen molar-refractivity contribution in [2.45, 2.75) is 33.6 Å². The highest BCUT2D eigenvalue weighted by Crippen LogP contribution is 2.25. The lowest BCUT2D eigenvalue weighted by molar-refractivity contribution is -0.145. The zero-order valence-electron chi connectivity index (χ0n) is 16.4. The molecular formula is C20H26ClN3O3. The monoisotopic (exact) mass is 391 g/mol. The predicted molar refractivity (Wildman–Crippen MR) is 105 cm³/mol. The molecule has 2 rings (SSSR count). The van der Waals surface area contributed by atoms with Crippen LogP contribution in [0, 0.1) is 5.92 Å². The molecular weight excluding hydrogens is 366 g/mol. The van der Waals surface area contributed by atoms with Gasteiger partial charge in [-0.1, -0.05) is 32.4 Å². The number of rotatable bonds is 7. The van der Waals surface area contributed by atoms with E-state index in [1.807, 2.05) is 32.9 Å². The van der Waals surface area contributed by atoms with E-state index in [1.54, 1.807) is 34.8 Å². The molecule has 7 heteroatoms. The lowest BCUT2D eigenvalue weighted by Gasteiger charge is -2.24. The standard InChI is InChI=1S/C20H26ClN3O3/c1-6-23(12-14(4)20(26)27-5)19(25)17-11-22-24(18(17)13(2)3)16-9-7-15(21)8-10-16/h7-11,13-14H,6,12H2,1-5H3. The van der Waals surface area contributed by atoms with Gasteiger partial charge in [-0.2, -0.15) is 5.10 Å². The van der Waals surface area contributed by atoms with Crippen molar-refractivity contribution in [1.82, 2.24) is 14.7 Å². The number of nitrogens with zero attached hydrogens (tertiary/aromatic N) is 3. The number of halogens is 1. The van der Waals surface area contributed by atoms with Gasteiger partial charge in [-0.3, -0.25) is 9.59 Å². The van der Waals surface area contributed by atoms with Gasteiger partial charge in [-0.05, 0) is 37.1 Å². The molecule has 0 aliphatic rings. The number of methoxy groups -OCH3 is 1. The van der Waals surface area contributed by atoms with Crippen LogP contribution in [0.25, 0.3) is 5.69 Å². The maximum absolute atomic E-state index is 13.1. The fourth-order valence-electron chi connectivity index (χ4n) is 3.00. The maximum Gasteiger partial charge on any atom is 0.310 e. The molecule has 0 fully saturated rings. The molecule has 0 bridgehead atoms. The second kappa shape index (κ2) is 9.04.